The molecule has 0 spiro atoms. The number of hydrogen-bond donors (Lipinski definition) is 0. The van der Waals surface area contributed by atoms with E-state index in [0.29, 0.717) is 46.6 Å². The molecule has 0 aliphatic carbocycles. The van der Waals surface area contributed by atoms with E-state index in [-0.39, 0.29) is 25.6 Å². The molecule has 0 aliphatic heterocycles. The standard InChI is InChI=1S/C40H34O9/c1-26(2)38(41)47-25-46-31(17-19-44-32-15-13-29-21-34(27-9-5-3-6-10-27)39(42)48-36(29)23-32)18-20-45-33-16-14-30-22-35(28-11-7-4-8-12-28)40(43)49-37(30)24-33/h3-16,21-24,31H,1,17-20,25H2,2H3. The van der Waals surface area contributed by atoms with Gasteiger partial charge in [-0.3, -0.25) is 0 Å². The fraction of sp³-hybridized carbons (Fsp3) is 0.175. The number of ether oxygens (including phenoxy) is 4. The van der Waals surface area contributed by atoms with Crippen LogP contribution in [0.5, 0.6) is 11.5 Å². The lowest BCUT2D eigenvalue weighted by Gasteiger charge is -2.19. The average Bonchev–Trinajstić information content (AvgIpc) is 3.11. The first-order valence-electron chi connectivity index (χ1n) is 15.8. The molecular formula is C40H34O9. The second-order valence-electron chi connectivity index (χ2n) is 11.4. The van der Waals surface area contributed by atoms with Crippen molar-refractivity contribution in [3.63, 3.8) is 0 Å². The van der Waals surface area contributed by atoms with Gasteiger partial charge in [0.25, 0.3) is 0 Å². The van der Waals surface area contributed by atoms with Gasteiger partial charge in [0.15, 0.2) is 6.79 Å². The maximum atomic E-state index is 12.7. The van der Waals surface area contributed by atoms with Crippen molar-refractivity contribution in [3.05, 3.63) is 142 Å². The maximum Gasteiger partial charge on any atom is 0.344 e. The van der Waals surface area contributed by atoms with Gasteiger partial charge in [-0.1, -0.05) is 67.2 Å². The largest absolute Gasteiger partial charge is 0.493 e. The molecule has 0 radical (unpaired) electrons. The molecule has 2 heterocycles. The van der Waals surface area contributed by atoms with E-state index >= 15 is 0 Å². The second-order valence-corrected chi connectivity index (χ2v) is 11.4. The van der Waals surface area contributed by atoms with Crippen molar-refractivity contribution < 1.29 is 32.6 Å². The lowest BCUT2D eigenvalue weighted by molar-refractivity contribution is -0.157. The van der Waals surface area contributed by atoms with E-state index in [1.165, 1.54) is 0 Å². The van der Waals surface area contributed by atoms with E-state index in [4.69, 9.17) is 27.8 Å². The summed E-state index contributed by atoms with van der Waals surface area (Å²) in [4.78, 5) is 37.3. The summed E-state index contributed by atoms with van der Waals surface area (Å²) in [5.41, 5.74) is 2.78. The SMILES string of the molecule is C=C(C)C(=O)OCOC(CCOc1ccc2cc(-c3ccccc3)c(=O)oc2c1)CCOc1ccc2cc(-c3ccccc3)c(=O)oc2c1. The van der Waals surface area contributed by atoms with Crippen LogP contribution in [-0.2, 0) is 14.3 Å². The molecule has 0 amide bonds. The molecule has 0 saturated carbocycles. The predicted octanol–water partition coefficient (Wildman–Crippen LogP) is 7.93. The monoisotopic (exact) mass is 658 g/mol. The molecule has 9 nitrogen and oxygen atoms in total. The van der Waals surface area contributed by atoms with Gasteiger partial charge in [0, 0.05) is 41.3 Å². The highest BCUT2D eigenvalue weighted by Crippen LogP contribution is 2.26. The minimum Gasteiger partial charge on any atom is -0.493 e. The van der Waals surface area contributed by atoms with Crippen molar-refractivity contribution in [3.8, 4) is 33.8 Å². The molecule has 0 bridgehead atoms. The number of hydrogen-bond acceptors (Lipinski definition) is 9. The Morgan fingerprint density at radius 2 is 1.14 bits per heavy atom. The number of carbonyl (C=O) groups excluding carboxylic acids is 1. The number of carbonyl (C=O) groups is 1. The van der Waals surface area contributed by atoms with Crippen molar-refractivity contribution in [1.82, 2.24) is 0 Å². The van der Waals surface area contributed by atoms with Gasteiger partial charge in [-0.25, -0.2) is 14.4 Å². The third-order valence-electron chi connectivity index (χ3n) is 7.84. The Morgan fingerprint density at radius 1 is 0.673 bits per heavy atom. The van der Waals surface area contributed by atoms with E-state index in [9.17, 15) is 14.4 Å². The molecule has 0 unspecified atom stereocenters. The fourth-order valence-corrected chi connectivity index (χ4v) is 5.23. The number of benzene rings is 4. The topological polar surface area (TPSA) is 114 Å². The Labute approximate surface area is 281 Å². The van der Waals surface area contributed by atoms with Crippen LogP contribution in [0.2, 0.25) is 0 Å². The maximum absolute atomic E-state index is 12.7. The number of esters is 1. The van der Waals surface area contributed by atoms with Crippen LogP contribution in [0.3, 0.4) is 0 Å². The van der Waals surface area contributed by atoms with Crippen LogP contribution >= 0.6 is 0 Å². The van der Waals surface area contributed by atoms with Crippen LogP contribution in [0.4, 0.5) is 0 Å². The van der Waals surface area contributed by atoms with Gasteiger partial charge >= 0.3 is 17.2 Å². The van der Waals surface area contributed by atoms with Gasteiger partial charge in [0.1, 0.15) is 22.7 Å². The Kier molecular flexibility index (Phi) is 10.3. The van der Waals surface area contributed by atoms with Crippen LogP contribution in [0.25, 0.3) is 44.2 Å². The Morgan fingerprint density at radius 3 is 1.59 bits per heavy atom. The van der Waals surface area contributed by atoms with Crippen molar-refractivity contribution in [2.75, 3.05) is 20.0 Å². The van der Waals surface area contributed by atoms with E-state index < -0.39 is 23.3 Å². The summed E-state index contributed by atoms with van der Waals surface area (Å²) in [6.07, 6.45) is 0.492. The first-order valence-corrected chi connectivity index (χ1v) is 15.8. The first-order chi connectivity index (χ1) is 23.8. The second kappa shape index (κ2) is 15.3. The summed E-state index contributed by atoms with van der Waals surface area (Å²) in [6.45, 7) is 5.42. The van der Waals surface area contributed by atoms with E-state index in [2.05, 4.69) is 6.58 Å². The predicted molar refractivity (Wildman–Crippen MR) is 187 cm³/mol. The molecule has 0 N–H and O–H groups in total. The highest BCUT2D eigenvalue weighted by Gasteiger charge is 2.15. The van der Waals surface area contributed by atoms with Gasteiger partial charge in [-0.15, -0.1) is 0 Å². The zero-order chi connectivity index (χ0) is 34.2. The van der Waals surface area contributed by atoms with Crippen molar-refractivity contribution in [2.24, 2.45) is 0 Å². The molecule has 2 aromatic heterocycles. The average molecular weight is 659 g/mol. The lowest BCUT2D eigenvalue weighted by atomic mass is 10.1. The third kappa shape index (κ3) is 8.33. The van der Waals surface area contributed by atoms with Gasteiger partial charge in [0.2, 0.25) is 0 Å². The highest BCUT2D eigenvalue weighted by molar-refractivity contribution is 5.87. The van der Waals surface area contributed by atoms with Crippen LogP contribution in [0, 0.1) is 0 Å². The zero-order valence-electron chi connectivity index (χ0n) is 26.9. The van der Waals surface area contributed by atoms with Gasteiger partial charge in [-0.05, 0) is 54.4 Å². The summed E-state index contributed by atoms with van der Waals surface area (Å²) in [6, 6.07) is 33.0. The molecule has 248 valence electrons. The Balaban J connectivity index is 1.08. The summed E-state index contributed by atoms with van der Waals surface area (Å²) in [5.74, 6) is 0.507. The quantitative estimate of drug-likeness (QED) is 0.0498. The molecule has 0 atom stereocenters. The smallest absolute Gasteiger partial charge is 0.344 e. The molecule has 0 fully saturated rings. The highest BCUT2D eigenvalue weighted by atomic mass is 16.7. The summed E-state index contributed by atoms with van der Waals surface area (Å²) >= 11 is 0. The molecule has 6 rings (SSSR count). The molecule has 9 heteroatoms. The van der Waals surface area contributed by atoms with E-state index in [1.807, 2.05) is 97.1 Å². The summed E-state index contributed by atoms with van der Waals surface area (Å²) in [5, 5.41) is 1.54. The first kappa shape index (κ1) is 33.0. The molecule has 0 saturated heterocycles. The van der Waals surface area contributed by atoms with Crippen molar-refractivity contribution in [2.45, 2.75) is 25.9 Å². The van der Waals surface area contributed by atoms with Crippen molar-refractivity contribution in [1.29, 1.82) is 0 Å². The lowest BCUT2D eigenvalue weighted by Crippen LogP contribution is -2.22. The molecule has 49 heavy (non-hydrogen) atoms. The van der Waals surface area contributed by atoms with Crippen LogP contribution < -0.4 is 20.7 Å². The van der Waals surface area contributed by atoms with Gasteiger partial charge < -0.3 is 27.8 Å². The summed E-state index contributed by atoms with van der Waals surface area (Å²) < 4.78 is 34.2. The fourth-order valence-electron chi connectivity index (χ4n) is 5.23. The van der Waals surface area contributed by atoms with Crippen LogP contribution in [-0.4, -0.2) is 32.1 Å². The van der Waals surface area contributed by atoms with Gasteiger partial charge in [-0.2, -0.15) is 0 Å². The minimum atomic E-state index is -0.549. The van der Waals surface area contributed by atoms with Gasteiger partial charge in [0.05, 0.1) is 30.4 Å². The third-order valence-corrected chi connectivity index (χ3v) is 7.84. The normalized spacial score (nSPS) is 11.1. The number of fused-ring (bicyclic) bond motifs is 2. The Hall–Kier alpha value is -5.93. The minimum absolute atomic E-state index is 0.258. The van der Waals surface area contributed by atoms with Crippen LogP contribution in [0.15, 0.2) is 140 Å². The van der Waals surface area contributed by atoms with Crippen LogP contribution in [0.1, 0.15) is 19.8 Å². The molecule has 4 aromatic carbocycles. The number of rotatable bonds is 14. The molecule has 0 aliphatic rings. The van der Waals surface area contributed by atoms with E-state index in [1.54, 1.807) is 19.1 Å². The Bertz CT molecular complexity index is 2060. The molecular weight excluding hydrogens is 624 g/mol. The van der Waals surface area contributed by atoms with E-state index in [0.717, 1.165) is 21.9 Å². The molecule has 6 aromatic rings. The van der Waals surface area contributed by atoms with Crippen molar-refractivity contribution >= 4 is 27.9 Å². The summed E-state index contributed by atoms with van der Waals surface area (Å²) in [7, 11) is 0. The zero-order valence-corrected chi connectivity index (χ0v) is 26.9.